The zero-order chi connectivity index (χ0) is 14.9. The van der Waals surface area contributed by atoms with E-state index in [-0.39, 0.29) is 5.97 Å². The molecule has 2 fully saturated rings. The molecule has 4 nitrogen and oxygen atoms in total. The Balaban J connectivity index is 1.90. The molecule has 0 aromatic heterocycles. The molecule has 2 heterocycles. The van der Waals surface area contributed by atoms with Crippen LogP contribution in [0.3, 0.4) is 0 Å². The van der Waals surface area contributed by atoms with Crippen LogP contribution in [0.2, 0.25) is 0 Å². The molecule has 0 saturated carbocycles. The number of carbonyl (C=O) groups is 1. The second-order valence-electron chi connectivity index (χ2n) is 5.86. The van der Waals surface area contributed by atoms with E-state index in [4.69, 9.17) is 4.74 Å². The van der Waals surface area contributed by atoms with Crippen LogP contribution in [0.1, 0.15) is 19.8 Å². The molecule has 2 saturated heterocycles. The molecule has 21 heavy (non-hydrogen) atoms. The van der Waals surface area contributed by atoms with Gasteiger partial charge in [-0.3, -0.25) is 0 Å². The predicted octanol–water partition coefficient (Wildman–Crippen LogP) is 2.89. The van der Waals surface area contributed by atoms with Crippen LogP contribution < -0.4 is 5.32 Å². The van der Waals surface area contributed by atoms with Gasteiger partial charge < -0.3 is 15.0 Å². The van der Waals surface area contributed by atoms with Crippen molar-refractivity contribution in [2.45, 2.75) is 25.3 Å². The Kier molecular flexibility index (Phi) is 4.22. The third kappa shape index (κ3) is 2.81. The van der Waals surface area contributed by atoms with Gasteiger partial charge in [0.25, 0.3) is 0 Å². The van der Waals surface area contributed by atoms with Crippen molar-refractivity contribution in [3.63, 3.8) is 0 Å². The van der Waals surface area contributed by atoms with E-state index in [1.165, 1.54) is 0 Å². The van der Waals surface area contributed by atoms with E-state index >= 15 is 0 Å². The number of fused-ring (bicyclic) bond motifs is 2. The third-order valence-electron chi connectivity index (χ3n) is 4.62. The van der Waals surface area contributed by atoms with Crippen molar-refractivity contribution >= 4 is 27.6 Å². The molecule has 114 valence electrons. The Hall–Kier alpha value is -1.07. The molecule has 2 bridgehead atoms. The minimum Gasteiger partial charge on any atom is -0.464 e. The molecule has 2 aliphatic heterocycles. The Morgan fingerprint density at radius 1 is 1.52 bits per heavy atom. The maximum Gasteiger partial charge on any atom is 0.332 e. The number of carbonyl (C=O) groups excluding carboxylic acids is 1. The van der Waals surface area contributed by atoms with E-state index in [1.807, 2.05) is 31.2 Å². The standard InChI is InChI=1S/C16H21BrN2O2/c1-2-21-15(20)16(7-9-19-8-6-12(16)11-19)18-14-5-3-4-13(17)10-14/h3-5,10,12,18H,2,6-9,11H2,1H3. The number of esters is 1. The highest BCUT2D eigenvalue weighted by molar-refractivity contribution is 9.10. The van der Waals surface area contributed by atoms with Crippen molar-refractivity contribution in [3.8, 4) is 0 Å². The van der Waals surface area contributed by atoms with Crippen molar-refractivity contribution in [1.29, 1.82) is 0 Å². The summed E-state index contributed by atoms with van der Waals surface area (Å²) in [6.07, 6.45) is 1.86. The third-order valence-corrected chi connectivity index (χ3v) is 5.12. The molecular weight excluding hydrogens is 332 g/mol. The molecule has 1 N–H and O–H groups in total. The predicted molar refractivity (Wildman–Crippen MR) is 86.3 cm³/mol. The lowest BCUT2D eigenvalue weighted by Gasteiger charge is -2.42. The summed E-state index contributed by atoms with van der Waals surface area (Å²) >= 11 is 3.49. The van der Waals surface area contributed by atoms with Gasteiger partial charge >= 0.3 is 5.97 Å². The van der Waals surface area contributed by atoms with E-state index in [2.05, 4.69) is 26.1 Å². The number of ether oxygens (including phenoxy) is 1. The van der Waals surface area contributed by atoms with Crippen LogP contribution in [0.4, 0.5) is 5.69 Å². The monoisotopic (exact) mass is 352 g/mol. The molecule has 0 aliphatic carbocycles. The normalized spacial score (nSPS) is 31.0. The average molecular weight is 353 g/mol. The topological polar surface area (TPSA) is 41.6 Å². The van der Waals surface area contributed by atoms with E-state index in [9.17, 15) is 4.79 Å². The molecule has 3 unspecified atom stereocenters. The quantitative estimate of drug-likeness (QED) is 0.846. The molecule has 3 rings (SSSR count). The molecule has 2 aliphatic rings. The lowest BCUT2D eigenvalue weighted by Crippen LogP contribution is -2.58. The van der Waals surface area contributed by atoms with Crippen LogP contribution >= 0.6 is 15.9 Å². The fourth-order valence-corrected chi connectivity index (χ4v) is 3.94. The first-order valence-corrected chi connectivity index (χ1v) is 8.36. The number of nitrogens with one attached hydrogen (secondary N) is 1. The number of hydrogen-bond donors (Lipinski definition) is 1. The summed E-state index contributed by atoms with van der Waals surface area (Å²) in [6.45, 7) is 5.33. The van der Waals surface area contributed by atoms with Crippen molar-refractivity contribution in [2.75, 3.05) is 31.6 Å². The van der Waals surface area contributed by atoms with E-state index in [0.29, 0.717) is 12.5 Å². The average Bonchev–Trinajstić information content (AvgIpc) is 2.87. The zero-order valence-electron chi connectivity index (χ0n) is 12.3. The van der Waals surface area contributed by atoms with Crippen LogP contribution in [0.25, 0.3) is 0 Å². The van der Waals surface area contributed by atoms with Gasteiger partial charge in [-0.05, 0) is 44.5 Å². The molecule has 1 aromatic carbocycles. The van der Waals surface area contributed by atoms with E-state index < -0.39 is 5.54 Å². The summed E-state index contributed by atoms with van der Waals surface area (Å²) in [5, 5.41) is 3.52. The minimum absolute atomic E-state index is 0.100. The van der Waals surface area contributed by atoms with Gasteiger partial charge in [0, 0.05) is 29.2 Å². The maximum atomic E-state index is 12.7. The number of benzene rings is 1. The lowest BCUT2D eigenvalue weighted by molar-refractivity contribution is -0.151. The maximum absolute atomic E-state index is 12.7. The van der Waals surface area contributed by atoms with Crippen molar-refractivity contribution < 1.29 is 9.53 Å². The van der Waals surface area contributed by atoms with Crippen LogP contribution in [0.5, 0.6) is 0 Å². The molecule has 0 spiro atoms. The molecule has 0 radical (unpaired) electrons. The number of hydrogen-bond acceptors (Lipinski definition) is 4. The van der Waals surface area contributed by atoms with Gasteiger partial charge in [0.15, 0.2) is 0 Å². The van der Waals surface area contributed by atoms with Gasteiger partial charge in [-0.15, -0.1) is 0 Å². The largest absolute Gasteiger partial charge is 0.464 e. The molecule has 5 heteroatoms. The second-order valence-corrected chi connectivity index (χ2v) is 6.78. The number of piperidine rings is 1. The van der Waals surface area contributed by atoms with Crippen LogP contribution in [0.15, 0.2) is 28.7 Å². The number of rotatable bonds is 4. The summed E-state index contributed by atoms with van der Waals surface area (Å²) in [4.78, 5) is 15.1. The Morgan fingerprint density at radius 3 is 3.14 bits per heavy atom. The van der Waals surface area contributed by atoms with Gasteiger partial charge in [0.2, 0.25) is 0 Å². The zero-order valence-corrected chi connectivity index (χ0v) is 13.9. The SMILES string of the molecule is CCOC(=O)C1(Nc2cccc(Br)c2)CCN2CCC1C2. The first kappa shape index (κ1) is 14.9. The number of halogens is 1. The highest BCUT2D eigenvalue weighted by atomic mass is 79.9. The number of nitrogens with zero attached hydrogens (tertiary/aromatic N) is 1. The van der Waals surface area contributed by atoms with Crippen molar-refractivity contribution in [3.05, 3.63) is 28.7 Å². The first-order chi connectivity index (χ1) is 10.1. The van der Waals surface area contributed by atoms with Crippen LogP contribution in [-0.4, -0.2) is 42.6 Å². The fourth-order valence-electron chi connectivity index (χ4n) is 3.54. The lowest BCUT2D eigenvalue weighted by atomic mass is 9.78. The minimum atomic E-state index is -0.580. The highest BCUT2D eigenvalue weighted by Gasteiger charge is 2.52. The van der Waals surface area contributed by atoms with Crippen molar-refractivity contribution in [2.24, 2.45) is 5.92 Å². The molecular formula is C16H21BrN2O2. The molecule has 0 amide bonds. The summed E-state index contributed by atoms with van der Waals surface area (Å²) in [7, 11) is 0. The highest BCUT2D eigenvalue weighted by Crippen LogP contribution is 2.39. The fraction of sp³-hybridized carbons (Fsp3) is 0.562. The molecule has 3 atom stereocenters. The Bertz CT molecular complexity index is 537. The van der Waals surface area contributed by atoms with E-state index in [1.54, 1.807) is 0 Å². The summed E-state index contributed by atoms with van der Waals surface area (Å²) < 4.78 is 6.42. The Morgan fingerprint density at radius 2 is 2.38 bits per heavy atom. The van der Waals surface area contributed by atoms with Gasteiger partial charge in [-0.1, -0.05) is 22.0 Å². The molecule has 1 aromatic rings. The summed E-state index contributed by atoms with van der Waals surface area (Å²) in [6, 6.07) is 7.99. The second kappa shape index (κ2) is 5.97. The van der Waals surface area contributed by atoms with E-state index in [0.717, 1.165) is 42.6 Å². The van der Waals surface area contributed by atoms with Crippen LogP contribution in [-0.2, 0) is 9.53 Å². The van der Waals surface area contributed by atoms with Gasteiger partial charge in [0.1, 0.15) is 5.54 Å². The van der Waals surface area contributed by atoms with Crippen LogP contribution in [0, 0.1) is 5.92 Å². The van der Waals surface area contributed by atoms with Gasteiger partial charge in [-0.25, -0.2) is 4.79 Å². The van der Waals surface area contributed by atoms with Gasteiger partial charge in [-0.2, -0.15) is 0 Å². The smallest absolute Gasteiger partial charge is 0.332 e. The van der Waals surface area contributed by atoms with Crippen molar-refractivity contribution in [1.82, 2.24) is 4.90 Å². The summed E-state index contributed by atoms with van der Waals surface area (Å²) in [5.74, 6) is 0.223. The number of anilines is 1. The summed E-state index contributed by atoms with van der Waals surface area (Å²) in [5.41, 5.74) is 0.391. The van der Waals surface area contributed by atoms with Gasteiger partial charge in [0.05, 0.1) is 6.61 Å². The first-order valence-electron chi connectivity index (χ1n) is 7.57. The Labute approximate surface area is 134 Å².